The number of allylic oxidation sites excluding steroid dienone is 1. The number of fused-ring (bicyclic) bond motifs is 1. The van der Waals surface area contributed by atoms with E-state index in [-0.39, 0.29) is 6.04 Å². The number of rotatable bonds is 2. The van der Waals surface area contributed by atoms with Crippen LogP contribution in [0.15, 0.2) is 30.3 Å². The monoisotopic (exact) mass is 201 g/mol. The van der Waals surface area contributed by atoms with Crippen molar-refractivity contribution in [3.63, 3.8) is 0 Å². The smallest absolute Gasteiger partial charge is 0.0253 e. The molecule has 0 fully saturated rings. The molecule has 1 aliphatic carbocycles. The molecule has 0 amide bonds. The molecule has 0 aromatic heterocycles. The lowest BCUT2D eigenvalue weighted by Gasteiger charge is -2.12. The molecule has 1 nitrogen and oxygen atoms in total. The zero-order valence-corrected chi connectivity index (χ0v) is 9.53. The zero-order chi connectivity index (χ0) is 10.8. The fraction of sp³-hybridized carbons (Fsp3) is 0.429. The Morgan fingerprint density at radius 2 is 1.93 bits per heavy atom. The molecule has 1 atom stereocenters. The molecule has 1 heteroatoms. The van der Waals surface area contributed by atoms with Crippen LogP contribution in [0, 0.1) is 5.92 Å². The lowest BCUT2D eigenvalue weighted by atomic mass is 9.99. The minimum Gasteiger partial charge on any atom is -0.324 e. The van der Waals surface area contributed by atoms with Crippen molar-refractivity contribution < 1.29 is 0 Å². The molecule has 0 bridgehead atoms. The summed E-state index contributed by atoms with van der Waals surface area (Å²) in [7, 11) is 0. The van der Waals surface area contributed by atoms with Crippen molar-refractivity contribution >= 4 is 5.57 Å². The Labute approximate surface area is 92.0 Å². The summed E-state index contributed by atoms with van der Waals surface area (Å²) in [5.41, 5.74) is 10.4. The summed E-state index contributed by atoms with van der Waals surface area (Å²) in [6, 6.07) is 8.84. The predicted octanol–water partition coefficient (Wildman–Crippen LogP) is 3.00. The highest BCUT2D eigenvalue weighted by Gasteiger charge is 2.16. The quantitative estimate of drug-likeness (QED) is 0.782. The maximum Gasteiger partial charge on any atom is 0.0253 e. The van der Waals surface area contributed by atoms with E-state index in [1.165, 1.54) is 23.1 Å². The van der Waals surface area contributed by atoms with E-state index in [4.69, 9.17) is 5.73 Å². The van der Waals surface area contributed by atoms with Crippen molar-refractivity contribution in [3.05, 3.63) is 41.5 Å². The molecule has 1 aliphatic rings. The third-order valence-corrected chi connectivity index (χ3v) is 3.19. The number of hydrogen-bond donors (Lipinski definition) is 1. The van der Waals surface area contributed by atoms with Crippen LogP contribution in [0.1, 0.15) is 31.4 Å². The third kappa shape index (κ3) is 2.13. The van der Waals surface area contributed by atoms with E-state index in [2.05, 4.69) is 44.2 Å². The second kappa shape index (κ2) is 4.19. The van der Waals surface area contributed by atoms with Crippen LogP contribution in [0.3, 0.4) is 0 Å². The van der Waals surface area contributed by atoms with Gasteiger partial charge in [-0.2, -0.15) is 0 Å². The van der Waals surface area contributed by atoms with Crippen LogP contribution in [0.4, 0.5) is 0 Å². The van der Waals surface area contributed by atoms with E-state index >= 15 is 0 Å². The van der Waals surface area contributed by atoms with Crippen LogP contribution in [0.5, 0.6) is 0 Å². The molecule has 1 aromatic rings. The average Bonchev–Trinajstić information content (AvgIpc) is 2.62. The molecule has 1 aromatic carbocycles. The molecule has 0 heterocycles. The van der Waals surface area contributed by atoms with Gasteiger partial charge in [-0.15, -0.1) is 0 Å². The van der Waals surface area contributed by atoms with Crippen LogP contribution in [0.2, 0.25) is 0 Å². The number of benzene rings is 1. The number of aryl methyl sites for hydroxylation is 1. The van der Waals surface area contributed by atoms with Crippen molar-refractivity contribution in [3.8, 4) is 0 Å². The Morgan fingerprint density at radius 1 is 1.20 bits per heavy atom. The predicted molar refractivity (Wildman–Crippen MR) is 65.6 cm³/mol. The highest BCUT2D eigenvalue weighted by molar-refractivity contribution is 5.72. The fourth-order valence-corrected chi connectivity index (χ4v) is 2.05. The first-order chi connectivity index (χ1) is 7.18. The van der Waals surface area contributed by atoms with Gasteiger partial charge in [-0.3, -0.25) is 0 Å². The lowest BCUT2D eigenvalue weighted by molar-refractivity contribution is 0.571. The molecule has 0 saturated heterocycles. The van der Waals surface area contributed by atoms with Gasteiger partial charge in [0.25, 0.3) is 0 Å². The molecule has 15 heavy (non-hydrogen) atoms. The SMILES string of the molecule is CC(C)C(N)/C=C1\CCc2ccccc21. The van der Waals surface area contributed by atoms with E-state index in [9.17, 15) is 0 Å². The highest BCUT2D eigenvalue weighted by Crippen LogP contribution is 2.32. The largest absolute Gasteiger partial charge is 0.324 e. The van der Waals surface area contributed by atoms with E-state index in [1.807, 2.05) is 0 Å². The van der Waals surface area contributed by atoms with Crippen molar-refractivity contribution in [2.24, 2.45) is 11.7 Å². The minimum absolute atomic E-state index is 0.186. The molecule has 80 valence electrons. The van der Waals surface area contributed by atoms with Gasteiger partial charge in [0.15, 0.2) is 0 Å². The van der Waals surface area contributed by atoms with Gasteiger partial charge in [-0.25, -0.2) is 0 Å². The molecule has 2 N–H and O–H groups in total. The van der Waals surface area contributed by atoms with Crippen LogP contribution in [-0.2, 0) is 6.42 Å². The maximum atomic E-state index is 6.08. The second-order valence-electron chi connectivity index (χ2n) is 4.67. The third-order valence-electron chi connectivity index (χ3n) is 3.19. The molecule has 0 aliphatic heterocycles. The highest BCUT2D eigenvalue weighted by atomic mass is 14.6. The summed E-state index contributed by atoms with van der Waals surface area (Å²) in [4.78, 5) is 0. The first-order valence-corrected chi connectivity index (χ1v) is 5.73. The summed E-state index contributed by atoms with van der Waals surface area (Å²) >= 11 is 0. The second-order valence-corrected chi connectivity index (χ2v) is 4.67. The normalized spacial score (nSPS) is 19.6. The van der Waals surface area contributed by atoms with E-state index < -0.39 is 0 Å². The molecule has 1 unspecified atom stereocenters. The van der Waals surface area contributed by atoms with Gasteiger partial charge in [0, 0.05) is 6.04 Å². The molecule has 0 saturated carbocycles. The summed E-state index contributed by atoms with van der Waals surface area (Å²) < 4.78 is 0. The average molecular weight is 201 g/mol. The van der Waals surface area contributed by atoms with E-state index in [0.717, 1.165) is 6.42 Å². The van der Waals surface area contributed by atoms with E-state index in [1.54, 1.807) is 0 Å². The van der Waals surface area contributed by atoms with Gasteiger partial charge >= 0.3 is 0 Å². The summed E-state index contributed by atoms with van der Waals surface area (Å²) in [6.07, 6.45) is 4.57. The molecular weight excluding hydrogens is 182 g/mol. The Hall–Kier alpha value is -1.08. The van der Waals surface area contributed by atoms with Crippen LogP contribution in [-0.4, -0.2) is 6.04 Å². The number of hydrogen-bond acceptors (Lipinski definition) is 1. The summed E-state index contributed by atoms with van der Waals surface area (Å²) in [5.74, 6) is 0.519. The van der Waals surface area contributed by atoms with Crippen molar-refractivity contribution in [2.45, 2.75) is 32.7 Å². The van der Waals surface area contributed by atoms with Gasteiger partial charge in [-0.1, -0.05) is 44.2 Å². The summed E-state index contributed by atoms with van der Waals surface area (Å²) in [5, 5.41) is 0. The molecule has 0 spiro atoms. The van der Waals surface area contributed by atoms with Crippen LogP contribution in [0.25, 0.3) is 5.57 Å². The maximum absolute atomic E-state index is 6.08. The van der Waals surface area contributed by atoms with Gasteiger partial charge in [0.05, 0.1) is 0 Å². The van der Waals surface area contributed by atoms with Gasteiger partial charge in [-0.05, 0) is 35.5 Å². The molecular formula is C14H19N. The Kier molecular flexibility index (Phi) is 2.92. The number of nitrogens with two attached hydrogens (primary N) is 1. The Balaban J connectivity index is 2.27. The van der Waals surface area contributed by atoms with Gasteiger partial charge < -0.3 is 5.73 Å². The summed E-state index contributed by atoms with van der Waals surface area (Å²) in [6.45, 7) is 4.34. The van der Waals surface area contributed by atoms with Crippen molar-refractivity contribution in [1.29, 1.82) is 0 Å². The Morgan fingerprint density at radius 3 is 2.67 bits per heavy atom. The minimum atomic E-state index is 0.186. The van der Waals surface area contributed by atoms with Gasteiger partial charge in [0.2, 0.25) is 0 Å². The molecule has 2 rings (SSSR count). The first kappa shape index (κ1) is 10.4. The van der Waals surface area contributed by atoms with Crippen LogP contribution < -0.4 is 5.73 Å². The topological polar surface area (TPSA) is 26.0 Å². The lowest BCUT2D eigenvalue weighted by Crippen LogP contribution is -2.23. The van der Waals surface area contributed by atoms with Crippen molar-refractivity contribution in [1.82, 2.24) is 0 Å². The van der Waals surface area contributed by atoms with Gasteiger partial charge in [0.1, 0.15) is 0 Å². The fourth-order valence-electron chi connectivity index (χ4n) is 2.05. The Bertz CT molecular complexity index is 377. The standard InChI is InChI=1S/C14H19N/c1-10(2)14(15)9-12-8-7-11-5-3-4-6-13(11)12/h3-6,9-10,14H,7-8,15H2,1-2H3/b12-9+. The van der Waals surface area contributed by atoms with Crippen molar-refractivity contribution in [2.75, 3.05) is 0 Å². The first-order valence-electron chi connectivity index (χ1n) is 5.73. The van der Waals surface area contributed by atoms with Crippen LogP contribution >= 0.6 is 0 Å². The molecule has 0 radical (unpaired) electrons. The van der Waals surface area contributed by atoms with E-state index in [0.29, 0.717) is 5.92 Å². The zero-order valence-electron chi connectivity index (χ0n) is 9.53.